The van der Waals surface area contributed by atoms with Gasteiger partial charge in [0.1, 0.15) is 18.4 Å². The molecule has 1 heterocycles. The van der Waals surface area contributed by atoms with E-state index in [2.05, 4.69) is 5.32 Å². The van der Waals surface area contributed by atoms with Gasteiger partial charge in [0.2, 0.25) is 0 Å². The molecule has 8 heteroatoms. The quantitative estimate of drug-likeness (QED) is 0.699. The number of aromatic hydroxyl groups is 1. The fraction of sp³-hybridized carbons (Fsp3) is 0.250. The normalized spacial score (nSPS) is 14.1. The minimum atomic E-state index is -1.30. The third-order valence-electron chi connectivity index (χ3n) is 4.46. The number of hydrogen-bond acceptors (Lipinski definition) is 5. The predicted molar refractivity (Wildman–Crippen MR) is 98.9 cm³/mol. The number of carboxylic acids is 1. The minimum absolute atomic E-state index is 0.0124. The van der Waals surface area contributed by atoms with Crippen LogP contribution in [0.4, 0.5) is 4.79 Å². The standard InChI is InChI=1S/C20H20N2O6/c23-15-6-7-16-14(10-15)8-9-22(18(16)24)11-17(19(25)26)21-20(27)28-12-13-4-2-1-3-5-13/h1-7,10,17,23H,8-9,11-12H2,(H,21,27)(H,25,26). The zero-order valence-electron chi connectivity index (χ0n) is 15.0. The molecule has 1 aliphatic heterocycles. The molecule has 1 aliphatic rings. The van der Waals surface area contributed by atoms with E-state index in [1.807, 2.05) is 6.07 Å². The molecular weight excluding hydrogens is 364 g/mol. The number of aliphatic carboxylic acids is 1. The van der Waals surface area contributed by atoms with Crippen molar-refractivity contribution in [2.24, 2.45) is 0 Å². The highest BCUT2D eigenvalue weighted by atomic mass is 16.5. The highest BCUT2D eigenvalue weighted by molar-refractivity contribution is 5.97. The maximum Gasteiger partial charge on any atom is 0.408 e. The summed E-state index contributed by atoms with van der Waals surface area (Å²) in [6.45, 7) is 0.118. The number of carboxylic acid groups (broad SMARTS) is 1. The Morgan fingerprint density at radius 3 is 2.64 bits per heavy atom. The van der Waals surface area contributed by atoms with E-state index in [0.717, 1.165) is 5.56 Å². The zero-order valence-corrected chi connectivity index (χ0v) is 15.0. The van der Waals surface area contributed by atoms with Crippen molar-refractivity contribution >= 4 is 18.0 Å². The van der Waals surface area contributed by atoms with Gasteiger partial charge in [-0.05, 0) is 35.7 Å². The Balaban J connectivity index is 1.60. The molecule has 0 fully saturated rings. The first-order valence-electron chi connectivity index (χ1n) is 8.75. The average Bonchev–Trinajstić information content (AvgIpc) is 2.68. The lowest BCUT2D eigenvalue weighted by molar-refractivity contribution is -0.139. The monoisotopic (exact) mass is 384 g/mol. The molecule has 1 atom stereocenters. The molecule has 0 spiro atoms. The Morgan fingerprint density at radius 2 is 1.93 bits per heavy atom. The molecule has 0 aromatic heterocycles. The van der Waals surface area contributed by atoms with Gasteiger partial charge < -0.3 is 25.2 Å². The van der Waals surface area contributed by atoms with Crippen LogP contribution in [0.5, 0.6) is 5.75 Å². The van der Waals surface area contributed by atoms with Crippen molar-refractivity contribution in [3.8, 4) is 5.75 Å². The van der Waals surface area contributed by atoms with Gasteiger partial charge in [-0.25, -0.2) is 9.59 Å². The number of alkyl carbamates (subject to hydrolysis) is 1. The SMILES string of the molecule is O=C(NC(CN1CCc2cc(O)ccc2C1=O)C(=O)O)OCc1ccccc1. The molecule has 2 amide bonds. The molecule has 3 rings (SSSR count). The number of amides is 2. The average molecular weight is 384 g/mol. The molecule has 0 saturated carbocycles. The van der Waals surface area contributed by atoms with E-state index in [-0.39, 0.29) is 24.8 Å². The summed E-state index contributed by atoms with van der Waals surface area (Å²) in [5.74, 6) is -1.53. The summed E-state index contributed by atoms with van der Waals surface area (Å²) in [5, 5.41) is 21.2. The molecule has 28 heavy (non-hydrogen) atoms. The van der Waals surface area contributed by atoms with Crippen LogP contribution in [0.3, 0.4) is 0 Å². The van der Waals surface area contributed by atoms with Crippen LogP contribution >= 0.6 is 0 Å². The first kappa shape index (κ1) is 19.2. The largest absolute Gasteiger partial charge is 0.508 e. The summed E-state index contributed by atoms with van der Waals surface area (Å²) in [7, 11) is 0. The van der Waals surface area contributed by atoms with Gasteiger partial charge in [-0.15, -0.1) is 0 Å². The van der Waals surface area contributed by atoms with Crippen molar-refractivity contribution in [2.45, 2.75) is 19.1 Å². The summed E-state index contributed by atoms with van der Waals surface area (Å²) in [6, 6.07) is 12.1. The van der Waals surface area contributed by atoms with Crippen molar-refractivity contribution in [1.82, 2.24) is 10.2 Å². The first-order valence-corrected chi connectivity index (χ1v) is 8.75. The Kier molecular flexibility index (Phi) is 5.78. The molecule has 0 aliphatic carbocycles. The fourth-order valence-electron chi connectivity index (χ4n) is 3.01. The van der Waals surface area contributed by atoms with Crippen molar-refractivity contribution in [3.05, 3.63) is 65.2 Å². The van der Waals surface area contributed by atoms with E-state index in [0.29, 0.717) is 24.1 Å². The van der Waals surface area contributed by atoms with Crippen molar-refractivity contribution in [1.29, 1.82) is 0 Å². The lowest BCUT2D eigenvalue weighted by Crippen LogP contribution is -2.51. The fourth-order valence-corrected chi connectivity index (χ4v) is 3.01. The third-order valence-corrected chi connectivity index (χ3v) is 4.46. The van der Waals surface area contributed by atoms with Gasteiger partial charge in [-0.3, -0.25) is 4.79 Å². The van der Waals surface area contributed by atoms with Gasteiger partial charge >= 0.3 is 12.1 Å². The van der Waals surface area contributed by atoms with E-state index in [9.17, 15) is 24.6 Å². The number of phenols is 1. The Labute approximate surface area is 161 Å². The van der Waals surface area contributed by atoms with Crippen molar-refractivity contribution in [2.75, 3.05) is 13.1 Å². The summed E-state index contributed by atoms with van der Waals surface area (Å²) in [6.07, 6.45) is -0.383. The van der Waals surface area contributed by atoms with Crippen LogP contribution in [-0.2, 0) is 22.6 Å². The minimum Gasteiger partial charge on any atom is -0.508 e. The van der Waals surface area contributed by atoms with Gasteiger partial charge in [0.15, 0.2) is 0 Å². The van der Waals surface area contributed by atoms with Crippen LogP contribution in [0.2, 0.25) is 0 Å². The summed E-state index contributed by atoms with van der Waals surface area (Å²) in [4.78, 5) is 37.5. The highest BCUT2D eigenvalue weighted by Crippen LogP contribution is 2.23. The molecular formula is C20H20N2O6. The Hall–Kier alpha value is -3.55. The number of rotatable bonds is 6. The topological polar surface area (TPSA) is 116 Å². The molecule has 1 unspecified atom stereocenters. The van der Waals surface area contributed by atoms with Gasteiger partial charge in [-0.2, -0.15) is 0 Å². The smallest absolute Gasteiger partial charge is 0.408 e. The van der Waals surface area contributed by atoms with Crippen molar-refractivity contribution < 1.29 is 29.3 Å². The second kappa shape index (κ2) is 8.43. The number of carbonyl (C=O) groups is 3. The number of nitrogens with one attached hydrogen (secondary N) is 1. The maximum atomic E-state index is 12.6. The summed E-state index contributed by atoms with van der Waals surface area (Å²) < 4.78 is 5.05. The first-order chi connectivity index (χ1) is 13.4. The van der Waals surface area contributed by atoms with Gasteiger partial charge in [0.05, 0.1) is 6.54 Å². The summed E-state index contributed by atoms with van der Waals surface area (Å²) in [5.41, 5.74) is 1.90. The van der Waals surface area contributed by atoms with Gasteiger partial charge in [-0.1, -0.05) is 30.3 Å². The third kappa shape index (κ3) is 4.59. The molecule has 8 nitrogen and oxygen atoms in total. The maximum absolute atomic E-state index is 12.6. The number of carbonyl (C=O) groups excluding carboxylic acids is 2. The number of hydrogen-bond donors (Lipinski definition) is 3. The predicted octanol–water partition coefficient (Wildman–Crippen LogP) is 1.77. The van der Waals surface area contributed by atoms with Crippen LogP contribution in [0, 0.1) is 0 Å². The van der Waals surface area contributed by atoms with E-state index in [1.54, 1.807) is 24.3 Å². The number of benzene rings is 2. The number of nitrogens with zero attached hydrogens (tertiary/aromatic N) is 1. The second-order valence-corrected chi connectivity index (χ2v) is 6.44. The lowest BCUT2D eigenvalue weighted by atomic mass is 9.98. The van der Waals surface area contributed by atoms with Crippen LogP contribution in [0.25, 0.3) is 0 Å². The number of fused-ring (bicyclic) bond motifs is 1. The summed E-state index contributed by atoms with van der Waals surface area (Å²) >= 11 is 0. The van der Waals surface area contributed by atoms with E-state index >= 15 is 0 Å². The van der Waals surface area contributed by atoms with Gasteiger partial charge in [0, 0.05) is 12.1 Å². The van der Waals surface area contributed by atoms with E-state index in [1.165, 1.54) is 23.1 Å². The van der Waals surface area contributed by atoms with E-state index < -0.39 is 18.1 Å². The Bertz CT molecular complexity index is 884. The van der Waals surface area contributed by atoms with Crippen LogP contribution in [0.1, 0.15) is 21.5 Å². The molecule has 0 radical (unpaired) electrons. The van der Waals surface area contributed by atoms with Gasteiger partial charge in [0.25, 0.3) is 5.91 Å². The van der Waals surface area contributed by atoms with Crippen molar-refractivity contribution in [3.63, 3.8) is 0 Å². The highest BCUT2D eigenvalue weighted by Gasteiger charge is 2.30. The second-order valence-electron chi connectivity index (χ2n) is 6.44. The number of ether oxygens (including phenoxy) is 1. The molecule has 0 saturated heterocycles. The van der Waals surface area contributed by atoms with Crippen LogP contribution in [-0.4, -0.2) is 52.2 Å². The number of phenolic OH excluding ortho intramolecular Hbond substituents is 1. The molecule has 2 aromatic carbocycles. The molecule has 2 aromatic rings. The molecule has 0 bridgehead atoms. The molecule has 146 valence electrons. The lowest BCUT2D eigenvalue weighted by Gasteiger charge is -2.30. The zero-order chi connectivity index (χ0) is 20.1. The Morgan fingerprint density at radius 1 is 1.18 bits per heavy atom. The van der Waals surface area contributed by atoms with Crippen LogP contribution in [0.15, 0.2) is 48.5 Å². The van der Waals surface area contributed by atoms with E-state index in [4.69, 9.17) is 4.74 Å². The van der Waals surface area contributed by atoms with Crippen LogP contribution < -0.4 is 5.32 Å². The molecule has 3 N–H and O–H groups in total.